The van der Waals surface area contributed by atoms with Crippen LogP contribution in [0.1, 0.15) is 17.5 Å². The maximum absolute atomic E-state index is 12.2. The zero-order valence-electron chi connectivity index (χ0n) is 15.8. The van der Waals surface area contributed by atoms with Crippen molar-refractivity contribution < 1.29 is 19.8 Å². The van der Waals surface area contributed by atoms with Gasteiger partial charge in [-0.25, -0.2) is 9.59 Å². The standard InChI is InChI=1S/C25H22O4/c26-24(27)20(13-16-7-3-1-4-8-16)22-18-11-12-19(15-18)23(22)21(25(28)29)14-17-9-5-2-6-10-17/h1-14,18-19,22-23H,15H2,(H,26,27)(H,28,29). The molecule has 2 aromatic carbocycles. The van der Waals surface area contributed by atoms with Gasteiger partial charge in [0.2, 0.25) is 0 Å². The van der Waals surface area contributed by atoms with Gasteiger partial charge in [-0.3, -0.25) is 0 Å². The summed E-state index contributed by atoms with van der Waals surface area (Å²) in [5.41, 5.74) is 2.16. The Morgan fingerprint density at radius 2 is 1.07 bits per heavy atom. The van der Waals surface area contributed by atoms with Crippen molar-refractivity contribution in [3.8, 4) is 0 Å². The van der Waals surface area contributed by atoms with Crippen molar-refractivity contribution in [1.82, 2.24) is 0 Å². The summed E-state index contributed by atoms with van der Waals surface area (Å²) >= 11 is 0. The Morgan fingerprint density at radius 3 is 1.41 bits per heavy atom. The van der Waals surface area contributed by atoms with E-state index >= 15 is 0 Å². The number of fused-ring (bicyclic) bond motifs is 2. The molecule has 0 aromatic heterocycles. The van der Waals surface area contributed by atoms with Crippen molar-refractivity contribution in [2.75, 3.05) is 0 Å². The first-order valence-corrected chi connectivity index (χ1v) is 9.73. The van der Waals surface area contributed by atoms with E-state index in [9.17, 15) is 19.8 Å². The SMILES string of the molecule is O=C(O)C(=Cc1ccccc1)C1C2C=CC(C2)C1C(=Cc1ccccc1)C(=O)O. The van der Waals surface area contributed by atoms with Gasteiger partial charge in [-0.1, -0.05) is 72.8 Å². The van der Waals surface area contributed by atoms with Crippen LogP contribution in [0.25, 0.3) is 12.2 Å². The lowest BCUT2D eigenvalue weighted by Crippen LogP contribution is -2.29. The number of carboxylic acid groups (broad SMARTS) is 2. The zero-order chi connectivity index (χ0) is 20.4. The Balaban J connectivity index is 1.80. The molecule has 2 bridgehead atoms. The lowest BCUT2D eigenvalue weighted by atomic mass is 9.73. The summed E-state index contributed by atoms with van der Waals surface area (Å²) in [6, 6.07) is 18.7. The van der Waals surface area contributed by atoms with Crippen LogP contribution in [0.4, 0.5) is 0 Å². The summed E-state index contributed by atoms with van der Waals surface area (Å²) in [5.74, 6) is -2.64. The molecule has 2 aliphatic rings. The molecule has 1 saturated carbocycles. The average Bonchev–Trinajstić information content (AvgIpc) is 3.33. The van der Waals surface area contributed by atoms with E-state index in [2.05, 4.69) is 12.2 Å². The topological polar surface area (TPSA) is 74.6 Å². The fourth-order valence-corrected chi connectivity index (χ4v) is 4.73. The summed E-state index contributed by atoms with van der Waals surface area (Å²) in [7, 11) is 0. The molecule has 2 aliphatic carbocycles. The number of rotatable bonds is 6. The molecule has 4 nitrogen and oxygen atoms in total. The first kappa shape index (κ1) is 18.9. The Morgan fingerprint density at radius 1 is 0.690 bits per heavy atom. The second kappa shape index (κ2) is 7.92. The molecule has 0 heterocycles. The van der Waals surface area contributed by atoms with Gasteiger partial charge in [0.25, 0.3) is 0 Å². The number of aliphatic carboxylic acids is 2. The van der Waals surface area contributed by atoms with Gasteiger partial charge in [-0.05, 0) is 41.5 Å². The van der Waals surface area contributed by atoms with Crippen LogP contribution in [-0.4, -0.2) is 22.2 Å². The summed E-state index contributed by atoms with van der Waals surface area (Å²) in [5, 5.41) is 20.0. The van der Waals surface area contributed by atoms with E-state index in [-0.39, 0.29) is 34.8 Å². The number of hydrogen-bond acceptors (Lipinski definition) is 2. The highest BCUT2D eigenvalue weighted by Gasteiger charge is 2.50. The first-order valence-electron chi connectivity index (χ1n) is 9.73. The van der Waals surface area contributed by atoms with Crippen LogP contribution in [0.15, 0.2) is 84.0 Å². The van der Waals surface area contributed by atoms with Crippen molar-refractivity contribution in [2.45, 2.75) is 6.42 Å². The fourth-order valence-electron chi connectivity index (χ4n) is 4.73. The quantitative estimate of drug-likeness (QED) is 0.554. The fraction of sp³-hybridized carbons (Fsp3) is 0.200. The molecule has 0 saturated heterocycles. The van der Waals surface area contributed by atoms with Crippen LogP contribution in [0.2, 0.25) is 0 Å². The Labute approximate surface area is 169 Å². The molecule has 4 rings (SSSR count). The molecular weight excluding hydrogens is 364 g/mol. The van der Waals surface area contributed by atoms with Crippen molar-refractivity contribution in [1.29, 1.82) is 0 Å². The summed E-state index contributed by atoms with van der Waals surface area (Å²) in [6.45, 7) is 0. The molecule has 0 spiro atoms. The minimum absolute atomic E-state index is 0.0367. The molecule has 4 atom stereocenters. The van der Waals surface area contributed by atoms with Crippen LogP contribution < -0.4 is 0 Å². The van der Waals surface area contributed by atoms with Crippen molar-refractivity contribution in [3.05, 3.63) is 95.1 Å². The molecule has 1 fully saturated rings. The van der Waals surface area contributed by atoms with E-state index in [4.69, 9.17) is 0 Å². The minimum atomic E-state index is -0.991. The van der Waals surface area contributed by atoms with Crippen LogP contribution in [0.3, 0.4) is 0 Å². The smallest absolute Gasteiger partial charge is 0.331 e. The van der Waals surface area contributed by atoms with E-state index in [1.54, 1.807) is 12.2 Å². The second-order valence-corrected chi connectivity index (χ2v) is 7.63. The van der Waals surface area contributed by atoms with Gasteiger partial charge >= 0.3 is 11.9 Å². The number of hydrogen-bond donors (Lipinski definition) is 2. The highest BCUT2D eigenvalue weighted by atomic mass is 16.4. The van der Waals surface area contributed by atoms with Crippen molar-refractivity contribution >= 4 is 24.1 Å². The second-order valence-electron chi connectivity index (χ2n) is 7.63. The predicted octanol–water partition coefficient (Wildman–Crippen LogP) is 4.76. The van der Waals surface area contributed by atoms with Crippen LogP contribution in [0.5, 0.6) is 0 Å². The van der Waals surface area contributed by atoms with Gasteiger partial charge < -0.3 is 10.2 Å². The van der Waals surface area contributed by atoms with Crippen LogP contribution in [-0.2, 0) is 9.59 Å². The molecule has 0 aliphatic heterocycles. The zero-order valence-corrected chi connectivity index (χ0v) is 15.8. The molecule has 4 heteroatoms. The van der Waals surface area contributed by atoms with Crippen LogP contribution >= 0.6 is 0 Å². The third kappa shape index (κ3) is 3.79. The molecule has 2 N–H and O–H groups in total. The molecule has 0 radical (unpaired) electrons. The average molecular weight is 386 g/mol. The van der Waals surface area contributed by atoms with Gasteiger partial charge in [0.05, 0.1) is 0 Å². The monoisotopic (exact) mass is 386 g/mol. The van der Waals surface area contributed by atoms with E-state index in [1.807, 2.05) is 60.7 Å². The molecule has 2 aromatic rings. The van der Waals surface area contributed by atoms with Crippen molar-refractivity contribution in [2.24, 2.45) is 23.7 Å². The largest absolute Gasteiger partial charge is 0.478 e. The van der Waals surface area contributed by atoms with E-state index in [0.29, 0.717) is 0 Å². The molecule has 0 amide bonds. The van der Waals surface area contributed by atoms with E-state index in [1.165, 1.54) is 0 Å². The Bertz CT molecular complexity index is 920. The number of benzene rings is 2. The van der Waals surface area contributed by atoms with Gasteiger partial charge in [-0.15, -0.1) is 0 Å². The van der Waals surface area contributed by atoms with E-state index < -0.39 is 11.9 Å². The first-order chi connectivity index (χ1) is 14.0. The van der Waals surface area contributed by atoms with Gasteiger partial charge in [-0.2, -0.15) is 0 Å². The molecule has 4 unspecified atom stereocenters. The molecule has 29 heavy (non-hydrogen) atoms. The molecule has 146 valence electrons. The van der Waals surface area contributed by atoms with Gasteiger partial charge in [0.1, 0.15) is 0 Å². The predicted molar refractivity (Wildman–Crippen MR) is 112 cm³/mol. The highest BCUT2D eigenvalue weighted by Crippen LogP contribution is 2.54. The maximum atomic E-state index is 12.2. The van der Waals surface area contributed by atoms with Crippen LogP contribution in [0, 0.1) is 23.7 Å². The third-order valence-corrected chi connectivity index (χ3v) is 5.91. The minimum Gasteiger partial charge on any atom is -0.478 e. The number of carbonyl (C=O) groups is 2. The van der Waals surface area contributed by atoms with Gasteiger partial charge in [0.15, 0.2) is 0 Å². The van der Waals surface area contributed by atoms with Gasteiger partial charge in [0, 0.05) is 23.0 Å². The normalized spacial score (nSPS) is 25.9. The highest BCUT2D eigenvalue weighted by molar-refractivity contribution is 5.96. The van der Waals surface area contributed by atoms with E-state index in [0.717, 1.165) is 17.5 Å². The number of allylic oxidation sites excluding steroid dienone is 2. The maximum Gasteiger partial charge on any atom is 0.331 e. The third-order valence-electron chi connectivity index (χ3n) is 5.91. The summed E-state index contributed by atoms with van der Waals surface area (Å²) < 4.78 is 0. The summed E-state index contributed by atoms with van der Waals surface area (Å²) in [4.78, 5) is 24.4. The summed E-state index contributed by atoms with van der Waals surface area (Å²) in [6.07, 6.45) is 8.27. The van der Waals surface area contributed by atoms with Crippen molar-refractivity contribution in [3.63, 3.8) is 0 Å². The Kier molecular flexibility index (Phi) is 5.17. The number of carboxylic acids is 2. The Hall–Kier alpha value is -3.40. The molecular formula is C25H22O4. The lowest BCUT2D eigenvalue weighted by molar-refractivity contribution is -0.135. The lowest BCUT2D eigenvalue weighted by Gasteiger charge is -2.29.